The summed E-state index contributed by atoms with van der Waals surface area (Å²) in [6.45, 7) is 8.57. The Bertz CT molecular complexity index is 1480. The van der Waals surface area contributed by atoms with Gasteiger partial charge in [-0.3, -0.25) is 14.5 Å². The van der Waals surface area contributed by atoms with Crippen molar-refractivity contribution in [3.05, 3.63) is 104 Å². The van der Waals surface area contributed by atoms with Crippen LogP contribution in [-0.4, -0.2) is 42.6 Å². The minimum atomic E-state index is -0.319. The van der Waals surface area contributed by atoms with Crippen molar-refractivity contribution in [2.24, 2.45) is 10.8 Å². The van der Waals surface area contributed by atoms with Gasteiger partial charge in [0.25, 0.3) is 0 Å². The molecule has 1 N–H and O–H groups in total. The third-order valence-corrected chi connectivity index (χ3v) is 10.2. The first-order valence-electron chi connectivity index (χ1n) is 15.6. The number of hydrogen-bond donors (Lipinski definition) is 1. The average Bonchev–Trinajstić information content (AvgIpc) is 3.69. The number of nitrogens with one attached hydrogen (secondary N) is 1. The summed E-state index contributed by atoms with van der Waals surface area (Å²) >= 11 is 31.4. The number of carbonyl (C=O) groups is 2. The van der Waals surface area contributed by atoms with Gasteiger partial charge in [-0.25, -0.2) is 0 Å². The Hall–Kier alpha value is 1.14. The molecule has 0 aromatic heterocycles. The first-order valence-corrected chi connectivity index (χ1v) is 30.6. The van der Waals surface area contributed by atoms with E-state index in [4.69, 9.17) is 46.4 Å². The third kappa shape index (κ3) is 14.4. The van der Waals surface area contributed by atoms with Crippen molar-refractivity contribution >= 4 is 130 Å². The maximum absolute atomic E-state index is 13.3. The van der Waals surface area contributed by atoms with Crippen LogP contribution in [-0.2, 0) is 11.5 Å². The van der Waals surface area contributed by atoms with E-state index in [1.165, 1.54) is 5.56 Å². The van der Waals surface area contributed by atoms with Gasteiger partial charge in [-0.1, -0.05) is 111 Å². The van der Waals surface area contributed by atoms with Gasteiger partial charge in [0.2, 0.25) is 0 Å². The van der Waals surface area contributed by atoms with Crippen molar-refractivity contribution in [1.82, 2.24) is 10.2 Å². The number of ketones is 2. The number of benzene rings is 3. The van der Waals surface area contributed by atoms with Crippen molar-refractivity contribution < 1.29 is 14.5 Å². The minimum absolute atomic E-state index is 0. The number of hydrogen-bond acceptors (Lipinski definition) is 4. The van der Waals surface area contributed by atoms with Crippen molar-refractivity contribution in [3.63, 3.8) is 0 Å². The molecule has 2 aliphatic rings. The first kappa shape index (κ1) is 48.2. The van der Waals surface area contributed by atoms with Crippen molar-refractivity contribution in [2.75, 3.05) is 26.2 Å². The van der Waals surface area contributed by atoms with Gasteiger partial charge in [0, 0.05) is 41.6 Å². The molecule has 49 heavy (non-hydrogen) atoms. The molecule has 2 unspecified atom stereocenters. The van der Waals surface area contributed by atoms with E-state index in [1.807, 2.05) is 6.07 Å². The quantitative estimate of drug-likeness (QED) is 0.162. The van der Waals surface area contributed by atoms with E-state index >= 15 is 0 Å². The van der Waals surface area contributed by atoms with E-state index in [1.54, 1.807) is 36.4 Å². The van der Waals surface area contributed by atoms with Gasteiger partial charge in [0.05, 0.1) is 20.1 Å². The van der Waals surface area contributed by atoms with E-state index in [-0.39, 0.29) is 47.2 Å². The molecule has 13 heteroatoms. The molecule has 0 saturated carbocycles. The van der Waals surface area contributed by atoms with Crippen molar-refractivity contribution in [3.8, 4) is 0 Å². The van der Waals surface area contributed by atoms with Gasteiger partial charge in [-0.15, -0.1) is 12.4 Å². The van der Waals surface area contributed by atoms with Crippen molar-refractivity contribution in [1.29, 1.82) is 0 Å². The Morgan fingerprint density at radius 1 is 0.776 bits per heavy atom. The normalized spacial score (nSPS) is 19.9. The number of rotatable bonds is 10. The Labute approximate surface area is 357 Å². The number of Topliss-reactive ketones (excluding diaryl/α,β-unsaturated/α-hetero) is 2. The Morgan fingerprint density at radius 2 is 1.27 bits per heavy atom. The average molecular weight is 1150 g/mol. The molecule has 0 amide bonds. The van der Waals surface area contributed by atoms with Crippen molar-refractivity contribution in [2.45, 2.75) is 66.3 Å². The molecule has 2 atom stereocenters. The van der Waals surface area contributed by atoms with E-state index < -0.39 is 0 Å². The third-order valence-electron chi connectivity index (χ3n) is 8.71. The molecular weight excluding hydrogens is 1100 g/mol. The van der Waals surface area contributed by atoms with Crippen LogP contribution in [0.15, 0.2) is 66.7 Å². The van der Waals surface area contributed by atoms with E-state index in [9.17, 15) is 9.59 Å². The van der Waals surface area contributed by atoms with Crippen LogP contribution >= 0.6 is 119 Å². The number of likely N-dealkylation sites (tertiary alicyclic amines) is 1. The molecule has 0 spiro atoms. The molecule has 4 nitrogen and oxygen atoms in total. The topological polar surface area (TPSA) is 49.4 Å². The predicted octanol–water partition coefficient (Wildman–Crippen LogP) is 13.5. The van der Waals surface area contributed by atoms with Crippen LogP contribution in [0.4, 0.5) is 0 Å². The summed E-state index contributed by atoms with van der Waals surface area (Å²) in [5, 5.41) is 5.16. The van der Waals surface area contributed by atoms with Crippen LogP contribution in [0.25, 0.3) is 0 Å². The summed E-state index contributed by atoms with van der Waals surface area (Å²) in [4.78, 5) is 28.1. The monoisotopic (exact) mass is 1140 g/mol. The second-order valence-electron chi connectivity index (χ2n) is 12.0. The molecular formula is C36H45Cl5I3N2O2V. The van der Waals surface area contributed by atoms with E-state index in [0.29, 0.717) is 31.2 Å². The molecule has 3 aromatic rings. The van der Waals surface area contributed by atoms with Crippen LogP contribution in [0, 0.1) is 10.8 Å². The van der Waals surface area contributed by atoms with Crippen LogP contribution in [0.2, 0.25) is 20.1 Å². The summed E-state index contributed by atoms with van der Waals surface area (Å²) in [6, 6.07) is 20.8. The fraction of sp³-hybridized carbons (Fsp3) is 0.444. The second kappa shape index (κ2) is 23.8. The Kier molecular flexibility index (Phi) is 23.4. The second-order valence-corrected chi connectivity index (χ2v) is 49.0. The zero-order chi connectivity index (χ0) is 34.6. The molecule has 0 radical (unpaired) electrons. The summed E-state index contributed by atoms with van der Waals surface area (Å²) in [5.41, 5.74) is 2.05. The summed E-state index contributed by atoms with van der Waals surface area (Å²) in [7, 11) is 0. The number of halogens is 8. The van der Waals surface area contributed by atoms with E-state index in [2.05, 4.69) is 108 Å². The Balaban J connectivity index is 0.000000442. The standard InChI is InChI=1S/C21H23Cl2NO.C14H17Cl2NO.CH4.ClH.3HI.V/c1-2-10-21(20(25)17-8-9-18(22)19(23)13-17)11-12-24(15-21)14-16-6-4-3-5-7-16;1-2-5-14(6-7-17-9-14)13(18)10-3-4-11(15)12(16)8-10;;;;;;/h3-9,13H,2,10-12,14-15H2,1H3;3-4,8,17H,2,5-7,9H2,1H3;1H4;4*1H;/q;;;;;;;+3/p-3. The fourth-order valence-electron chi connectivity index (χ4n) is 6.55. The predicted molar refractivity (Wildman–Crippen MR) is 236 cm³/mol. The zero-order valence-electron chi connectivity index (χ0n) is 26.9. The van der Waals surface area contributed by atoms with Gasteiger partial charge in [-0.05, 0) is 80.7 Å². The maximum atomic E-state index is 13.3. The summed E-state index contributed by atoms with van der Waals surface area (Å²) in [6.07, 6.45) is 5.62. The van der Waals surface area contributed by atoms with Crippen LogP contribution < -0.4 is 5.32 Å². The molecule has 2 aliphatic heterocycles. The molecule has 5 rings (SSSR count). The Morgan fingerprint density at radius 3 is 1.71 bits per heavy atom. The number of nitrogens with zero attached hydrogens (tertiary/aromatic N) is 1. The van der Waals surface area contributed by atoms with Crippen LogP contribution in [0.3, 0.4) is 0 Å². The molecule has 272 valence electrons. The van der Waals surface area contributed by atoms with Gasteiger partial charge in [0.1, 0.15) is 0 Å². The molecule has 2 fully saturated rings. The van der Waals surface area contributed by atoms with Gasteiger partial charge in [-0.2, -0.15) is 0 Å². The molecule has 3 aromatic carbocycles. The fourth-order valence-corrected chi connectivity index (χ4v) is 7.14. The SMILES string of the molecule is C.CCCC1(C(=O)c2ccc(Cl)c(Cl)c2)CCN(Cc2ccccc2)C1.CCCC1(C(=O)c2ccc(Cl)c(Cl)c2)CCNC1.Cl.[I][V]([I])[I]. The molecule has 0 aliphatic carbocycles. The molecule has 2 heterocycles. The molecule has 0 bridgehead atoms. The first-order chi connectivity index (χ1) is 22.4. The van der Waals surface area contributed by atoms with Crippen LogP contribution in [0.1, 0.15) is 86.1 Å². The van der Waals surface area contributed by atoms with Gasteiger partial charge in [0.15, 0.2) is 11.6 Å². The summed E-state index contributed by atoms with van der Waals surface area (Å²) < 4.78 is 0. The number of carbonyl (C=O) groups excluding carboxylic acids is 2. The zero-order valence-corrected chi connectivity index (χ0v) is 38.6. The van der Waals surface area contributed by atoms with Gasteiger partial charge < -0.3 is 5.32 Å². The van der Waals surface area contributed by atoms with Crippen LogP contribution in [0.5, 0.6) is 0 Å². The van der Waals surface area contributed by atoms with E-state index in [0.717, 1.165) is 71.2 Å². The molecule has 2 saturated heterocycles. The summed E-state index contributed by atoms with van der Waals surface area (Å²) in [5.74, 6) is 0.386. The van der Waals surface area contributed by atoms with Gasteiger partial charge >= 0.3 is 64.9 Å².